The van der Waals surface area contributed by atoms with Crippen molar-refractivity contribution in [3.05, 3.63) is 35.4 Å². The van der Waals surface area contributed by atoms with Gasteiger partial charge < -0.3 is 15.1 Å². The maximum Gasteiger partial charge on any atom is 0.319 e. The van der Waals surface area contributed by atoms with E-state index in [9.17, 15) is 9.59 Å². The Kier molecular flexibility index (Phi) is 4.87. The van der Waals surface area contributed by atoms with Crippen LogP contribution in [0, 0.1) is 5.92 Å². The fraction of sp³-hybridized carbons (Fsp3) is 0.636. The lowest BCUT2D eigenvalue weighted by atomic mass is 9.73. The predicted molar refractivity (Wildman–Crippen MR) is 106 cm³/mol. The largest absolute Gasteiger partial charge is 0.356 e. The Morgan fingerprint density at radius 1 is 1.19 bits per heavy atom. The zero-order chi connectivity index (χ0) is 19.0. The third kappa shape index (κ3) is 3.69. The molecule has 1 saturated carbocycles. The molecular weight excluding hydrogens is 338 g/mol. The SMILES string of the molecule is CN(C)C(=O)N1CCC2(CC1)C[C@@H](CC(=O)NCC1CC1)c1ccccc12. The molecule has 0 aromatic heterocycles. The number of urea groups is 1. The van der Waals surface area contributed by atoms with Gasteiger partial charge in [0.05, 0.1) is 0 Å². The standard InChI is InChI=1S/C22H31N3O2/c1-24(2)21(27)25-11-9-22(10-12-25)14-17(18-5-3-4-6-19(18)22)13-20(26)23-15-16-7-8-16/h3-6,16-17H,7-15H2,1-2H3,(H,23,26)/t17-/m1/s1. The van der Waals surface area contributed by atoms with Crippen LogP contribution in [0.2, 0.25) is 0 Å². The first-order chi connectivity index (χ1) is 13.0. The molecule has 0 radical (unpaired) electrons. The molecule has 5 nitrogen and oxygen atoms in total. The van der Waals surface area contributed by atoms with Crippen LogP contribution in [0.3, 0.4) is 0 Å². The highest BCUT2D eigenvalue weighted by atomic mass is 16.2. The van der Waals surface area contributed by atoms with Crippen LogP contribution in [0.15, 0.2) is 24.3 Å². The maximum atomic E-state index is 12.5. The second kappa shape index (κ2) is 7.17. The third-order valence-electron chi connectivity index (χ3n) is 6.70. The first-order valence-corrected chi connectivity index (χ1v) is 10.3. The number of amides is 3. The highest BCUT2D eigenvalue weighted by Gasteiger charge is 2.46. The number of carbonyl (C=O) groups is 2. The van der Waals surface area contributed by atoms with Crippen LogP contribution >= 0.6 is 0 Å². The minimum absolute atomic E-state index is 0.104. The molecule has 3 amide bonds. The lowest BCUT2D eigenvalue weighted by molar-refractivity contribution is -0.121. The molecule has 1 spiro atoms. The Bertz CT molecular complexity index is 718. The summed E-state index contributed by atoms with van der Waals surface area (Å²) < 4.78 is 0. The molecule has 4 rings (SSSR count). The normalized spacial score (nSPS) is 23.2. The minimum atomic E-state index is 0.104. The summed E-state index contributed by atoms with van der Waals surface area (Å²) in [6.45, 7) is 2.44. The van der Waals surface area contributed by atoms with Crippen molar-refractivity contribution in [2.24, 2.45) is 5.92 Å². The van der Waals surface area contributed by atoms with Gasteiger partial charge in [-0.2, -0.15) is 0 Å². The molecule has 5 heteroatoms. The summed E-state index contributed by atoms with van der Waals surface area (Å²) in [5, 5.41) is 3.13. The number of nitrogens with zero attached hydrogens (tertiary/aromatic N) is 2. The van der Waals surface area contributed by atoms with Gasteiger partial charge in [0.25, 0.3) is 0 Å². The summed E-state index contributed by atoms with van der Waals surface area (Å²) in [6.07, 6.45) is 6.13. The average Bonchev–Trinajstić information content (AvgIpc) is 3.46. The Balaban J connectivity index is 1.45. The van der Waals surface area contributed by atoms with E-state index in [1.165, 1.54) is 24.0 Å². The van der Waals surface area contributed by atoms with E-state index in [4.69, 9.17) is 0 Å². The van der Waals surface area contributed by atoms with E-state index in [2.05, 4.69) is 29.6 Å². The number of hydrogen-bond acceptors (Lipinski definition) is 2. The first kappa shape index (κ1) is 18.3. The number of hydrogen-bond donors (Lipinski definition) is 1. The van der Waals surface area contributed by atoms with Gasteiger partial charge in [0.2, 0.25) is 5.91 Å². The Hall–Kier alpha value is -2.04. The second-order valence-corrected chi connectivity index (χ2v) is 8.88. The molecule has 1 aromatic rings. The quantitative estimate of drug-likeness (QED) is 0.887. The van der Waals surface area contributed by atoms with Gasteiger partial charge in [-0.1, -0.05) is 24.3 Å². The van der Waals surface area contributed by atoms with Crippen molar-refractivity contribution in [2.45, 2.75) is 49.9 Å². The number of likely N-dealkylation sites (tertiary alicyclic amines) is 1. The molecule has 3 aliphatic rings. The van der Waals surface area contributed by atoms with E-state index in [0.29, 0.717) is 12.3 Å². The van der Waals surface area contributed by atoms with Crippen LogP contribution in [0.4, 0.5) is 4.79 Å². The van der Waals surface area contributed by atoms with Crippen molar-refractivity contribution in [2.75, 3.05) is 33.7 Å². The molecule has 2 fully saturated rings. The number of piperidine rings is 1. The summed E-state index contributed by atoms with van der Waals surface area (Å²) in [6, 6.07) is 8.78. The fourth-order valence-corrected chi connectivity index (χ4v) is 4.97. The molecule has 1 aromatic carbocycles. The molecule has 1 aliphatic heterocycles. The molecule has 146 valence electrons. The van der Waals surface area contributed by atoms with Gasteiger partial charge in [-0.05, 0) is 60.5 Å². The highest BCUT2D eigenvalue weighted by molar-refractivity contribution is 5.77. The lowest BCUT2D eigenvalue weighted by Crippen LogP contribution is -2.47. The number of fused-ring (bicyclic) bond motifs is 2. The summed E-state index contributed by atoms with van der Waals surface area (Å²) in [7, 11) is 3.63. The van der Waals surface area contributed by atoms with Gasteiger partial charge in [-0.25, -0.2) is 4.79 Å². The fourth-order valence-electron chi connectivity index (χ4n) is 4.97. The van der Waals surface area contributed by atoms with Crippen LogP contribution in [-0.4, -0.2) is 55.5 Å². The Morgan fingerprint density at radius 2 is 1.89 bits per heavy atom. The minimum Gasteiger partial charge on any atom is -0.356 e. The van der Waals surface area contributed by atoms with E-state index in [-0.39, 0.29) is 17.4 Å². The molecule has 0 bridgehead atoms. The molecular formula is C22H31N3O2. The second-order valence-electron chi connectivity index (χ2n) is 8.88. The van der Waals surface area contributed by atoms with Crippen molar-refractivity contribution in [1.29, 1.82) is 0 Å². The van der Waals surface area contributed by atoms with Gasteiger partial charge in [0.1, 0.15) is 0 Å². The topological polar surface area (TPSA) is 52.7 Å². The van der Waals surface area contributed by atoms with Crippen LogP contribution < -0.4 is 5.32 Å². The summed E-state index contributed by atoms with van der Waals surface area (Å²) in [5.41, 5.74) is 2.90. The van der Waals surface area contributed by atoms with Gasteiger partial charge in [-0.3, -0.25) is 4.79 Å². The van der Waals surface area contributed by atoms with Crippen LogP contribution in [-0.2, 0) is 10.2 Å². The zero-order valence-electron chi connectivity index (χ0n) is 16.5. The Morgan fingerprint density at radius 3 is 2.56 bits per heavy atom. The van der Waals surface area contributed by atoms with Gasteiger partial charge >= 0.3 is 6.03 Å². The van der Waals surface area contributed by atoms with Gasteiger partial charge in [0, 0.05) is 40.2 Å². The number of benzene rings is 1. The maximum absolute atomic E-state index is 12.5. The summed E-state index contributed by atoms with van der Waals surface area (Å²) in [5.74, 6) is 1.21. The van der Waals surface area contributed by atoms with E-state index in [1.807, 2.05) is 19.0 Å². The van der Waals surface area contributed by atoms with E-state index >= 15 is 0 Å². The van der Waals surface area contributed by atoms with Crippen molar-refractivity contribution >= 4 is 11.9 Å². The molecule has 1 atom stereocenters. The Labute approximate surface area is 162 Å². The monoisotopic (exact) mass is 369 g/mol. The summed E-state index contributed by atoms with van der Waals surface area (Å²) >= 11 is 0. The van der Waals surface area contributed by atoms with Crippen LogP contribution in [0.1, 0.15) is 55.6 Å². The van der Waals surface area contributed by atoms with Crippen LogP contribution in [0.25, 0.3) is 0 Å². The van der Waals surface area contributed by atoms with E-state index in [0.717, 1.165) is 44.8 Å². The smallest absolute Gasteiger partial charge is 0.319 e. The lowest BCUT2D eigenvalue weighted by Gasteiger charge is -2.41. The highest BCUT2D eigenvalue weighted by Crippen LogP contribution is 2.52. The van der Waals surface area contributed by atoms with Gasteiger partial charge in [-0.15, -0.1) is 0 Å². The summed E-state index contributed by atoms with van der Waals surface area (Å²) in [4.78, 5) is 28.4. The van der Waals surface area contributed by atoms with Crippen molar-refractivity contribution in [3.8, 4) is 0 Å². The number of carbonyl (C=O) groups excluding carboxylic acids is 2. The molecule has 1 heterocycles. The first-order valence-electron chi connectivity index (χ1n) is 10.3. The van der Waals surface area contributed by atoms with Crippen molar-refractivity contribution in [3.63, 3.8) is 0 Å². The van der Waals surface area contributed by atoms with E-state index in [1.54, 1.807) is 4.90 Å². The molecule has 1 saturated heterocycles. The number of nitrogens with one attached hydrogen (secondary N) is 1. The van der Waals surface area contributed by atoms with Crippen LogP contribution in [0.5, 0.6) is 0 Å². The van der Waals surface area contributed by atoms with Gasteiger partial charge in [0.15, 0.2) is 0 Å². The molecule has 27 heavy (non-hydrogen) atoms. The molecule has 1 N–H and O–H groups in total. The van der Waals surface area contributed by atoms with E-state index < -0.39 is 0 Å². The molecule has 0 unspecified atom stereocenters. The predicted octanol–water partition coefficient (Wildman–Crippen LogP) is 3.11. The molecule has 2 aliphatic carbocycles. The third-order valence-corrected chi connectivity index (χ3v) is 6.70. The van der Waals surface area contributed by atoms with Crippen molar-refractivity contribution < 1.29 is 9.59 Å². The van der Waals surface area contributed by atoms with Crippen molar-refractivity contribution in [1.82, 2.24) is 15.1 Å². The number of rotatable bonds is 4. The average molecular weight is 370 g/mol. The zero-order valence-corrected chi connectivity index (χ0v) is 16.5.